The zero-order valence-corrected chi connectivity index (χ0v) is 16.4. The van der Waals surface area contributed by atoms with Gasteiger partial charge in [0.1, 0.15) is 12.4 Å². The van der Waals surface area contributed by atoms with Crippen LogP contribution in [-0.4, -0.2) is 49.5 Å². The van der Waals surface area contributed by atoms with Crippen molar-refractivity contribution in [3.8, 4) is 5.75 Å². The monoisotopic (exact) mass is 412 g/mol. The molecule has 2 rings (SSSR count). The minimum absolute atomic E-state index is 0.0510. The van der Waals surface area contributed by atoms with Crippen molar-refractivity contribution in [1.82, 2.24) is 10.2 Å². The smallest absolute Gasteiger partial charge is 0.387 e. The second kappa shape index (κ2) is 10.1. The number of para-hydroxylation sites is 1. The number of halogens is 2. The molecular weight excluding hydrogens is 390 g/mol. The fourth-order valence-corrected chi connectivity index (χ4v) is 3.18. The van der Waals surface area contributed by atoms with Crippen molar-refractivity contribution in [2.75, 3.05) is 26.9 Å². The SMILES string of the molecule is C=CCN1C(=S)N[C@@H](c2ccccc2OC(F)F)C(C(=O)OCCOC)=C1C. The van der Waals surface area contributed by atoms with Gasteiger partial charge in [0.25, 0.3) is 0 Å². The number of hydrogen-bond donors (Lipinski definition) is 1. The Balaban J connectivity index is 2.50. The maximum Gasteiger partial charge on any atom is 0.387 e. The highest BCUT2D eigenvalue weighted by molar-refractivity contribution is 7.80. The molecule has 1 N–H and O–H groups in total. The van der Waals surface area contributed by atoms with Crippen LogP contribution in [0.5, 0.6) is 5.75 Å². The molecule has 0 amide bonds. The number of esters is 1. The van der Waals surface area contributed by atoms with Gasteiger partial charge >= 0.3 is 12.6 Å². The van der Waals surface area contributed by atoms with Gasteiger partial charge in [-0.25, -0.2) is 4.79 Å². The highest BCUT2D eigenvalue weighted by Gasteiger charge is 2.36. The highest BCUT2D eigenvalue weighted by Crippen LogP contribution is 2.36. The molecule has 0 saturated heterocycles. The molecule has 0 fully saturated rings. The number of alkyl halides is 2. The first kappa shape index (κ1) is 21.8. The van der Waals surface area contributed by atoms with Gasteiger partial charge in [0.2, 0.25) is 0 Å². The van der Waals surface area contributed by atoms with Crippen molar-refractivity contribution >= 4 is 23.3 Å². The number of carbonyl (C=O) groups excluding carboxylic acids is 1. The van der Waals surface area contributed by atoms with Gasteiger partial charge in [-0.05, 0) is 25.2 Å². The molecule has 0 bridgehead atoms. The second-order valence-electron chi connectivity index (χ2n) is 5.83. The van der Waals surface area contributed by atoms with Crippen LogP contribution in [0.25, 0.3) is 0 Å². The summed E-state index contributed by atoms with van der Waals surface area (Å²) < 4.78 is 40.5. The van der Waals surface area contributed by atoms with Crippen LogP contribution in [0, 0.1) is 0 Å². The predicted molar refractivity (Wildman–Crippen MR) is 104 cm³/mol. The standard InChI is InChI=1S/C19H22F2N2O4S/c1-4-9-23-12(2)15(17(24)26-11-10-25-3)16(22-19(23)28)13-7-5-6-8-14(13)27-18(20)21/h4-8,16,18H,1,9-11H2,2-3H3,(H,22,28)/t16-/m0/s1. The minimum atomic E-state index is -3.00. The first-order valence-electron chi connectivity index (χ1n) is 8.50. The summed E-state index contributed by atoms with van der Waals surface area (Å²) in [5.74, 6) is -0.652. The van der Waals surface area contributed by atoms with Gasteiger partial charge in [0.15, 0.2) is 5.11 Å². The number of rotatable bonds is 9. The van der Waals surface area contributed by atoms with E-state index in [1.807, 2.05) is 0 Å². The highest BCUT2D eigenvalue weighted by atomic mass is 32.1. The lowest BCUT2D eigenvalue weighted by Crippen LogP contribution is -2.48. The van der Waals surface area contributed by atoms with Crippen LogP contribution in [0.1, 0.15) is 18.5 Å². The molecule has 1 heterocycles. The topological polar surface area (TPSA) is 60.0 Å². The van der Waals surface area contributed by atoms with Gasteiger partial charge < -0.3 is 24.4 Å². The van der Waals surface area contributed by atoms with Crippen molar-refractivity contribution in [2.24, 2.45) is 0 Å². The molecule has 0 radical (unpaired) electrons. The Kier molecular flexibility index (Phi) is 7.89. The molecule has 1 aliphatic rings. The summed E-state index contributed by atoms with van der Waals surface area (Å²) in [4.78, 5) is 14.5. The Bertz CT molecular complexity index is 770. The van der Waals surface area contributed by atoms with Crippen molar-refractivity contribution < 1.29 is 27.8 Å². The Morgan fingerprint density at radius 3 is 2.75 bits per heavy atom. The van der Waals surface area contributed by atoms with E-state index in [2.05, 4.69) is 16.6 Å². The number of hydrogen-bond acceptors (Lipinski definition) is 5. The lowest BCUT2D eigenvalue weighted by atomic mass is 9.94. The average molecular weight is 412 g/mol. The summed E-state index contributed by atoms with van der Waals surface area (Å²) in [6.07, 6.45) is 1.64. The third-order valence-electron chi connectivity index (χ3n) is 4.09. The van der Waals surface area contributed by atoms with Gasteiger partial charge in [-0.2, -0.15) is 8.78 Å². The van der Waals surface area contributed by atoms with Crippen LogP contribution in [0.4, 0.5) is 8.78 Å². The molecule has 0 spiro atoms. The number of carbonyl (C=O) groups is 1. The molecule has 9 heteroatoms. The molecule has 1 aromatic carbocycles. The van der Waals surface area contributed by atoms with Crippen LogP contribution in [0.2, 0.25) is 0 Å². The third-order valence-corrected chi connectivity index (χ3v) is 4.43. The molecule has 152 valence electrons. The molecular formula is C19H22F2N2O4S. The molecule has 28 heavy (non-hydrogen) atoms. The minimum Gasteiger partial charge on any atom is -0.460 e. The van der Waals surface area contributed by atoms with E-state index in [4.69, 9.17) is 21.7 Å². The summed E-state index contributed by atoms with van der Waals surface area (Å²) in [5, 5.41) is 3.36. The fourth-order valence-electron chi connectivity index (χ4n) is 2.85. The Morgan fingerprint density at radius 2 is 2.11 bits per heavy atom. The number of nitrogens with zero attached hydrogens (tertiary/aromatic N) is 1. The Labute approximate surface area is 167 Å². The van der Waals surface area contributed by atoms with Crippen molar-refractivity contribution in [3.63, 3.8) is 0 Å². The fraction of sp³-hybridized carbons (Fsp3) is 0.368. The van der Waals surface area contributed by atoms with E-state index < -0.39 is 18.6 Å². The summed E-state index contributed by atoms with van der Waals surface area (Å²) in [5.41, 5.74) is 1.14. The van der Waals surface area contributed by atoms with E-state index in [0.717, 1.165) is 0 Å². The van der Waals surface area contributed by atoms with Gasteiger partial charge in [0, 0.05) is 24.9 Å². The van der Waals surface area contributed by atoms with Gasteiger partial charge in [-0.15, -0.1) is 6.58 Å². The largest absolute Gasteiger partial charge is 0.460 e. The molecule has 1 aromatic rings. The number of methoxy groups -OCH3 is 1. The maximum absolute atomic E-state index is 12.8. The molecule has 0 aliphatic carbocycles. The lowest BCUT2D eigenvalue weighted by molar-refractivity contribution is -0.140. The number of benzene rings is 1. The van der Waals surface area contributed by atoms with Gasteiger partial charge in [0.05, 0.1) is 18.2 Å². The first-order chi connectivity index (χ1) is 13.4. The Morgan fingerprint density at radius 1 is 1.39 bits per heavy atom. The van der Waals surface area contributed by atoms with E-state index in [0.29, 0.717) is 22.9 Å². The zero-order chi connectivity index (χ0) is 20.7. The number of nitrogens with one attached hydrogen (secondary N) is 1. The van der Waals surface area contributed by atoms with Gasteiger partial charge in [-0.3, -0.25) is 0 Å². The molecule has 1 aliphatic heterocycles. The molecule has 6 nitrogen and oxygen atoms in total. The van der Waals surface area contributed by atoms with E-state index >= 15 is 0 Å². The van der Waals surface area contributed by atoms with Crippen LogP contribution in [-0.2, 0) is 14.3 Å². The Hall–Kier alpha value is -2.52. The van der Waals surface area contributed by atoms with E-state index in [-0.39, 0.29) is 24.5 Å². The summed E-state index contributed by atoms with van der Waals surface area (Å²) in [6.45, 7) is 3.06. The van der Waals surface area contributed by atoms with Crippen LogP contribution in [0.3, 0.4) is 0 Å². The predicted octanol–water partition coefficient (Wildman–Crippen LogP) is 3.17. The van der Waals surface area contributed by atoms with Crippen LogP contribution >= 0.6 is 12.2 Å². The first-order valence-corrected chi connectivity index (χ1v) is 8.91. The molecule has 0 unspecified atom stereocenters. The second-order valence-corrected chi connectivity index (χ2v) is 6.21. The number of thiocarbonyl (C=S) groups is 1. The van der Waals surface area contributed by atoms with Crippen molar-refractivity contribution in [2.45, 2.75) is 19.6 Å². The van der Waals surface area contributed by atoms with E-state index in [1.165, 1.54) is 13.2 Å². The number of ether oxygens (including phenoxy) is 3. The van der Waals surface area contributed by atoms with Gasteiger partial charge in [-0.1, -0.05) is 24.3 Å². The van der Waals surface area contributed by atoms with E-state index in [9.17, 15) is 13.6 Å². The zero-order valence-electron chi connectivity index (χ0n) is 15.6. The van der Waals surface area contributed by atoms with Crippen molar-refractivity contribution in [1.29, 1.82) is 0 Å². The van der Waals surface area contributed by atoms with Crippen molar-refractivity contribution in [3.05, 3.63) is 53.8 Å². The quantitative estimate of drug-likeness (QED) is 0.289. The maximum atomic E-state index is 12.8. The van der Waals surface area contributed by atoms with Crippen LogP contribution < -0.4 is 10.1 Å². The molecule has 0 saturated carbocycles. The normalized spacial score (nSPS) is 16.8. The molecule has 1 atom stereocenters. The van der Waals surface area contributed by atoms with Crippen LogP contribution in [0.15, 0.2) is 48.2 Å². The van der Waals surface area contributed by atoms with E-state index in [1.54, 1.807) is 36.1 Å². The molecule has 0 aromatic heterocycles. The summed E-state index contributed by atoms with van der Waals surface area (Å²) in [7, 11) is 1.49. The number of allylic oxidation sites excluding steroid dienone is 1. The summed E-state index contributed by atoms with van der Waals surface area (Å²) in [6, 6.07) is 5.43. The summed E-state index contributed by atoms with van der Waals surface area (Å²) >= 11 is 5.40. The third kappa shape index (κ3) is 5.05. The lowest BCUT2D eigenvalue weighted by Gasteiger charge is -2.37. The average Bonchev–Trinajstić information content (AvgIpc) is 2.64.